The van der Waals surface area contributed by atoms with Gasteiger partial charge in [-0.2, -0.15) is 18.3 Å². The number of rotatable bonds is 3. The van der Waals surface area contributed by atoms with Crippen LogP contribution in [0.15, 0.2) is 18.3 Å². The van der Waals surface area contributed by atoms with E-state index in [0.717, 1.165) is 4.68 Å². The van der Waals surface area contributed by atoms with Crippen molar-refractivity contribution in [1.82, 2.24) is 14.8 Å². The Morgan fingerprint density at radius 1 is 1.35 bits per heavy atom. The molecule has 0 aliphatic carbocycles. The summed E-state index contributed by atoms with van der Waals surface area (Å²) < 4.78 is 39.4. The Bertz CT molecular complexity index is 728. The van der Waals surface area contributed by atoms with E-state index in [1.165, 1.54) is 32.2 Å². The van der Waals surface area contributed by atoms with E-state index in [0.29, 0.717) is 5.02 Å². The van der Waals surface area contributed by atoms with E-state index in [-0.39, 0.29) is 11.5 Å². The highest BCUT2D eigenvalue weighted by Gasteiger charge is 2.39. The molecule has 0 aliphatic rings. The van der Waals surface area contributed by atoms with Crippen LogP contribution in [0, 0.1) is 6.92 Å². The molecule has 23 heavy (non-hydrogen) atoms. The van der Waals surface area contributed by atoms with Crippen LogP contribution in [0.2, 0.25) is 10.0 Å². The van der Waals surface area contributed by atoms with Crippen LogP contribution in [0.25, 0.3) is 0 Å². The zero-order valence-corrected chi connectivity index (χ0v) is 13.5. The molecule has 1 N–H and O–H groups in total. The topological polar surface area (TPSA) is 59.8 Å². The number of halogens is 5. The maximum absolute atomic E-state index is 12.8. The van der Waals surface area contributed by atoms with Gasteiger partial charge in [0.25, 0.3) is 0 Å². The fourth-order valence-corrected chi connectivity index (χ4v) is 2.19. The number of aromatic nitrogens is 3. The Morgan fingerprint density at radius 3 is 2.48 bits per heavy atom. The van der Waals surface area contributed by atoms with Gasteiger partial charge < -0.3 is 5.32 Å². The Labute approximate surface area is 139 Å². The lowest BCUT2D eigenvalue weighted by molar-refractivity contribution is -0.141. The predicted octanol–water partition coefficient (Wildman–Crippen LogP) is 4.11. The van der Waals surface area contributed by atoms with E-state index in [1.54, 1.807) is 0 Å². The standard InChI is InChI=1S/C13H11Cl2F3N4O/c1-6-10(15)11(13(16,17)18)21-22(6)7(2)12(23)20-9-4-3-8(14)5-19-9/h3-5,7H,1-2H3,(H,19,20,23). The van der Waals surface area contributed by atoms with Crippen LogP contribution in [0.3, 0.4) is 0 Å². The summed E-state index contributed by atoms with van der Waals surface area (Å²) in [6.07, 6.45) is -3.36. The number of nitrogens with zero attached hydrogens (tertiary/aromatic N) is 3. The number of alkyl halides is 3. The molecule has 1 amide bonds. The third-order valence-corrected chi connectivity index (χ3v) is 3.75. The van der Waals surface area contributed by atoms with Crippen molar-refractivity contribution < 1.29 is 18.0 Å². The molecule has 0 fully saturated rings. The van der Waals surface area contributed by atoms with Crippen molar-refractivity contribution in [2.24, 2.45) is 0 Å². The summed E-state index contributed by atoms with van der Waals surface area (Å²) in [4.78, 5) is 16.0. The molecular formula is C13H11Cl2F3N4O. The largest absolute Gasteiger partial charge is 0.436 e. The summed E-state index contributed by atoms with van der Waals surface area (Å²) in [5.74, 6) is -0.367. The number of carbonyl (C=O) groups excluding carboxylic acids is 1. The summed E-state index contributed by atoms with van der Waals surface area (Å²) in [5.41, 5.74) is -1.17. The molecule has 0 aromatic carbocycles. The average Bonchev–Trinajstić information content (AvgIpc) is 2.77. The number of anilines is 1. The second-order valence-electron chi connectivity index (χ2n) is 4.72. The zero-order chi connectivity index (χ0) is 17.4. The van der Waals surface area contributed by atoms with Crippen molar-refractivity contribution in [3.8, 4) is 0 Å². The van der Waals surface area contributed by atoms with E-state index in [2.05, 4.69) is 15.4 Å². The summed E-state index contributed by atoms with van der Waals surface area (Å²) in [6, 6.07) is 1.98. The second-order valence-corrected chi connectivity index (χ2v) is 5.53. The normalized spacial score (nSPS) is 13.0. The summed E-state index contributed by atoms with van der Waals surface area (Å²) >= 11 is 11.3. The molecule has 1 atom stereocenters. The molecule has 0 bridgehead atoms. The average molecular weight is 367 g/mol. The Balaban J connectivity index is 2.24. The molecule has 2 aromatic heterocycles. The fourth-order valence-electron chi connectivity index (χ4n) is 1.85. The Morgan fingerprint density at radius 2 is 2.00 bits per heavy atom. The first-order valence-electron chi connectivity index (χ1n) is 6.35. The van der Waals surface area contributed by atoms with Crippen molar-refractivity contribution in [2.75, 3.05) is 5.32 Å². The molecule has 0 saturated carbocycles. The molecule has 0 saturated heterocycles. The number of amides is 1. The number of carbonyl (C=O) groups is 1. The number of hydrogen-bond acceptors (Lipinski definition) is 3. The maximum Gasteiger partial charge on any atom is 0.436 e. The molecule has 1 unspecified atom stereocenters. The van der Waals surface area contributed by atoms with Gasteiger partial charge in [-0.05, 0) is 26.0 Å². The van der Waals surface area contributed by atoms with Gasteiger partial charge >= 0.3 is 6.18 Å². The van der Waals surface area contributed by atoms with Crippen LogP contribution in [-0.2, 0) is 11.0 Å². The molecule has 0 spiro atoms. The van der Waals surface area contributed by atoms with E-state index >= 15 is 0 Å². The maximum atomic E-state index is 12.8. The van der Waals surface area contributed by atoms with Crippen molar-refractivity contribution in [3.63, 3.8) is 0 Å². The Hall–Kier alpha value is -1.80. The van der Waals surface area contributed by atoms with Crippen molar-refractivity contribution in [3.05, 3.63) is 39.8 Å². The highest BCUT2D eigenvalue weighted by atomic mass is 35.5. The van der Waals surface area contributed by atoms with Gasteiger partial charge in [-0.3, -0.25) is 9.48 Å². The fraction of sp³-hybridized carbons (Fsp3) is 0.308. The zero-order valence-electron chi connectivity index (χ0n) is 11.9. The van der Waals surface area contributed by atoms with Crippen molar-refractivity contribution in [1.29, 1.82) is 0 Å². The first-order chi connectivity index (χ1) is 10.6. The first-order valence-corrected chi connectivity index (χ1v) is 7.11. The van der Waals surface area contributed by atoms with Gasteiger partial charge in [-0.1, -0.05) is 23.2 Å². The number of pyridine rings is 1. The minimum absolute atomic E-state index is 0.0470. The van der Waals surface area contributed by atoms with Gasteiger partial charge in [0, 0.05) is 6.20 Å². The van der Waals surface area contributed by atoms with Crippen molar-refractivity contribution in [2.45, 2.75) is 26.1 Å². The molecule has 2 heterocycles. The Kier molecular flexibility index (Phi) is 4.86. The van der Waals surface area contributed by atoms with E-state index in [4.69, 9.17) is 23.2 Å². The van der Waals surface area contributed by atoms with Crippen LogP contribution >= 0.6 is 23.2 Å². The molecule has 0 aliphatic heterocycles. The third-order valence-electron chi connectivity index (χ3n) is 3.07. The van der Waals surface area contributed by atoms with Crippen LogP contribution in [0.4, 0.5) is 19.0 Å². The quantitative estimate of drug-likeness (QED) is 0.888. The smallest absolute Gasteiger partial charge is 0.309 e. The number of hydrogen-bond donors (Lipinski definition) is 1. The monoisotopic (exact) mass is 366 g/mol. The third kappa shape index (κ3) is 3.76. The molecular weight excluding hydrogens is 356 g/mol. The van der Waals surface area contributed by atoms with Crippen LogP contribution < -0.4 is 5.32 Å². The minimum atomic E-state index is -4.69. The molecule has 2 aromatic rings. The molecule has 10 heteroatoms. The van der Waals surface area contributed by atoms with Crippen LogP contribution in [0.5, 0.6) is 0 Å². The van der Waals surface area contributed by atoms with Gasteiger partial charge in [0.1, 0.15) is 11.9 Å². The van der Waals surface area contributed by atoms with Gasteiger partial charge in [0.2, 0.25) is 5.91 Å². The van der Waals surface area contributed by atoms with E-state index in [1.807, 2.05) is 0 Å². The lowest BCUT2D eigenvalue weighted by atomic mass is 10.3. The molecule has 0 radical (unpaired) electrons. The highest BCUT2D eigenvalue weighted by Crippen LogP contribution is 2.36. The van der Waals surface area contributed by atoms with Crippen molar-refractivity contribution >= 4 is 34.9 Å². The summed E-state index contributed by atoms with van der Waals surface area (Å²) in [7, 11) is 0. The molecule has 5 nitrogen and oxygen atoms in total. The van der Waals surface area contributed by atoms with E-state index in [9.17, 15) is 18.0 Å². The first kappa shape index (κ1) is 17.6. The molecule has 2 rings (SSSR count). The van der Waals surface area contributed by atoms with Crippen LogP contribution in [0.1, 0.15) is 24.4 Å². The summed E-state index contributed by atoms with van der Waals surface area (Å²) in [6.45, 7) is 2.76. The SMILES string of the molecule is Cc1c(Cl)c(C(F)(F)F)nn1C(C)C(=O)Nc1ccc(Cl)cn1. The van der Waals surface area contributed by atoms with Crippen LogP contribution in [-0.4, -0.2) is 20.7 Å². The minimum Gasteiger partial charge on any atom is -0.309 e. The summed E-state index contributed by atoms with van der Waals surface area (Å²) in [5, 5.41) is 5.75. The van der Waals surface area contributed by atoms with E-state index < -0.39 is 28.8 Å². The predicted molar refractivity (Wildman–Crippen MR) is 79.6 cm³/mol. The molecule has 124 valence electrons. The second kappa shape index (κ2) is 6.37. The lowest BCUT2D eigenvalue weighted by Gasteiger charge is -2.14. The van der Waals surface area contributed by atoms with Gasteiger partial charge in [0.15, 0.2) is 5.69 Å². The van der Waals surface area contributed by atoms with Gasteiger partial charge in [-0.15, -0.1) is 0 Å². The highest BCUT2D eigenvalue weighted by molar-refractivity contribution is 6.32. The lowest BCUT2D eigenvalue weighted by Crippen LogP contribution is -2.26. The van der Waals surface area contributed by atoms with Gasteiger partial charge in [-0.25, -0.2) is 4.98 Å². The number of nitrogens with one attached hydrogen (secondary N) is 1. The van der Waals surface area contributed by atoms with Gasteiger partial charge in [0.05, 0.1) is 15.7 Å².